The summed E-state index contributed by atoms with van der Waals surface area (Å²) in [5, 5.41) is 15.2. The van der Waals surface area contributed by atoms with Crippen molar-refractivity contribution >= 4 is 45.0 Å². The second-order valence-corrected chi connectivity index (χ2v) is 7.06. The number of aromatic nitrogens is 4. The second kappa shape index (κ2) is 7.76. The summed E-state index contributed by atoms with van der Waals surface area (Å²) in [5.74, 6) is -1.12. The minimum absolute atomic E-state index is 0.0187. The van der Waals surface area contributed by atoms with E-state index in [1.807, 2.05) is 24.3 Å². The molecular weight excluding hydrogens is 395 g/mol. The highest BCUT2D eigenvalue weighted by Gasteiger charge is 2.14. The number of carbonyl (C=O) groups is 2. The number of nitrogens with zero attached hydrogens (tertiary/aromatic N) is 4. The van der Waals surface area contributed by atoms with Gasteiger partial charge in [-0.15, -0.1) is 16.4 Å². The van der Waals surface area contributed by atoms with Gasteiger partial charge in [0.1, 0.15) is 17.9 Å². The third-order valence-electron chi connectivity index (χ3n) is 4.03. The summed E-state index contributed by atoms with van der Waals surface area (Å²) in [4.78, 5) is 27.7. The van der Waals surface area contributed by atoms with Crippen molar-refractivity contribution < 1.29 is 14.0 Å². The standard InChI is InChI=1S/C19H15FN6O2S/c1-11(27)21-12-6-7-13(14(20)8-12)16-10-29-19(22-16)23-18(28)9-26-17-5-3-2-4-15(17)24-25-26/h2-8,10H,9H2,1H3,(H,21,27)(H,22,23,28). The van der Waals surface area contributed by atoms with Crippen LogP contribution in [0.4, 0.5) is 15.2 Å². The third-order valence-corrected chi connectivity index (χ3v) is 4.79. The monoisotopic (exact) mass is 410 g/mol. The molecule has 0 saturated carbocycles. The SMILES string of the molecule is CC(=O)Nc1ccc(-c2csc(NC(=O)Cn3nnc4ccccc43)n2)c(F)c1. The number of halogens is 1. The topological polar surface area (TPSA) is 102 Å². The van der Waals surface area contributed by atoms with Crippen LogP contribution in [0, 0.1) is 5.82 Å². The van der Waals surface area contributed by atoms with E-state index in [0.717, 1.165) is 5.52 Å². The summed E-state index contributed by atoms with van der Waals surface area (Å²) in [6, 6.07) is 11.7. The average molecular weight is 410 g/mol. The molecule has 4 rings (SSSR count). The molecule has 146 valence electrons. The maximum atomic E-state index is 14.4. The first-order valence-electron chi connectivity index (χ1n) is 8.61. The van der Waals surface area contributed by atoms with Crippen LogP contribution in [0.5, 0.6) is 0 Å². The number of rotatable bonds is 5. The smallest absolute Gasteiger partial charge is 0.247 e. The molecular formula is C19H15FN6O2S. The minimum Gasteiger partial charge on any atom is -0.326 e. The summed E-state index contributed by atoms with van der Waals surface area (Å²) in [6.45, 7) is 1.33. The molecule has 0 aliphatic carbocycles. The quantitative estimate of drug-likeness (QED) is 0.526. The number of hydrogen-bond donors (Lipinski definition) is 2. The Bertz CT molecular complexity index is 1220. The third kappa shape index (κ3) is 4.11. The fourth-order valence-corrected chi connectivity index (χ4v) is 3.51. The highest BCUT2D eigenvalue weighted by Crippen LogP contribution is 2.28. The summed E-state index contributed by atoms with van der Waals surface area (Å²) in [7, 11) is 0. The van der Waals surface area contributed by atoms with Gasteiger partial charge in [-0.25, -0.2) is 14.1 Å². The molecule has 0 bridgehead atoms. The van der Waals surface area contributed by atoms with Gasteiger partial charge in [0.05, 0.1) is 11.2 Å². The van der Waals surface area contributed by atoms with Crippen molar-refractivity contribution in [1.82, 2.24) is 20.0 Å². The lowest BCUT2D eigenvalue weighted by molar-refractivity contribution is -0.117. The molecule has 0 saturated heterocycles. The van der Waals surface area contributed by atoms with E-state index < -0.39 is 5.82 Å². The molecule has 0 fully saturated rings. The number of carbonyl (C=O) groups excluding carboxylic acids is 2. The highest BCUT2D eigenvalue weighted by molar-refractivity contribution is 7.14. The molecule has 0 aliphatic rings. The molecule has 2 amide bonds. The van der Waals surface area contributed by atoms with Crippen LogP contribution in [0.15, 0.2) is 47.8 Å². The second-order valence-electron chi connectivity index (χ2n) is 6.20. The lowest BCUT2D eigenvalue weighted by Crippen LogP contribution is -2.19. The van der Waals surface area contributed by atoms with Crippen molar-refractivity contribution in [2.24, 2.45) is 0 Å². The Labute approximate surface area is 168 Å². The molecule has 2 N–H and O–H groups in total. The molecule has 2 aromatic carbocycles. The maximum Gasteiger partial charge on any atom is 0.247 e. The largest absolute Gasteiger partial charge is 0.326 e. The molecule has 0 unspecified atom stereocenters. The number of fused-ring (bicyclic) bond motifs is 1. The first kappa shape index (κ1) is 18.7. The summed E-state index contributed by atoms with van der Waals surface area (Å²) in [6.07, 6.45) is 0. The van der Waals surface area contributed by atoms with Crippen LogP contribution in [-0.2, 0) is 16.1 Å². The number of hydrogen-bond acceptors (Lipinski definition) is 6. The zero-order valence-corrected chi connectivity index (χ0v) is 16.0. The van der Waals surface area contributed by atoms with Crippen LogP contribution in [0.3, 0.4) is 0 Å². The van der Waals surface area contributed by atoms with E-state index in [4.69, 9.17) is 0 Å². The lowest BCUT2D eigenvalue weighted by Gasteiger charge is -2.05. The van der Waals surface area contributed by atoms with Gasteiger partial charge in [-0.2, -0.15) is 0 Å². The number of nitrogens with one attached hydrogen (secondary N) is 2. The number of amides is 2. The van der Waals surface area contributed by atoms with Crippen molar-refractivity contribution in [3.05, 3.63) is 53.7 Å². The summed E-state index contributed by atoms with van der Waals surface area (Å²) in [5.41, 5.74) is 2.49. The Hall–Kier alpha value is -3.66. The Kier molecular flexibility index (Phi) is 5.00. The van der Waals surface area contributed by atoms with Crippen molar-refractivity contribution in [2.75, 3.05) is 10.6 Å². The van der Waals surface area contributed by atoms with Gasteiger partial charge < -0.3 is 10.6 Å². The van der Waals surface area contributed by atoms with Crippen LogP contribution in [0.2, 0.25) is 0 Å². The molecule has 2 heterocycles. The Morgan fingerprint density at radius 3 is 2.79 bits per heavy atom. The van der Waals surface area contributed by atoms with E-state index >= 15 is 0 Å². The molecule has 0 aliphatic heterocycles. The molecule has 0 atom stereocenters. The fourth-order valence-electron chi connectivity index (χ4n) is 2.79. The van der Waals surface area contributed by atoms with Crippen LogP contribution >= 0.6 is 11.3 Å². The number of thiazole rings is 1. The van der Waals surface area contributed by atoms with E-state index in [1.165, 1.54) is 35.1 Å². The predicted molar refractivity (Wildman–Crippen MR) is 108 cm³/mol. The predicted octanol–water partition coefficient (Wildman–Crippen LogP) is 3.29. The zero-order valence-electron chi connectivity index (χ0n) is 15.2. The van der Waals surface area contributed by atoms with E-state index in [9.17, 15) is 14.0 Å². The van der Waals surface area contributed by atoms with Crippen molar-refractivity contribution in [3.8, 4) is 11.3 Å². The molecule has 0 radical (unpaired) electrons. The van der Waals surface area contributed by atoms with Gasteiger partial charge in [0, 0.05) is 23.6 Å². The number of benzene rings is 2. The van der Waals surface area contributed by atoms with E-state index in [0.29, 0.717) is 22.0 Å². The number of anilines is 2. The van der Waals surface area contributed by atoms with Crippen LogP contribution in [0.1, 0.15) is 6.92 Å². The Balaban J connectivity index is 1.46. The highest BCUT2D eigenvalue weighted by atomic mass is 32.1. The normalized spacial score (nSPS) is 10.8. The summed E-state index contributed by atoms with van der Waals surface area (Å²) < 4.78 is 15.9. The van der Waals surface area contributed by atoms with Gasteiger partial charge in [-0.3, -0.25) is 9.59 Å². The first-order valence-corrected chi connectivity index (χ1v) is 9.48. The summed E-state index contributed by atoms with van der Waals surface area (Å²) >= 11 is 1.19. The van der Waals surface area contributed by atoms with Gasteiger partial charge in [0.2, 0.25) is 11.8 Å². The molecule has 8 nitrogen and oxygen atoms in total. The molecule has 10 heteroatoms. The molecule has 0 spiro atoms. The van der Waals surface area contributed by atoms with Gasteiger partial charge in [-0.1, -0.05) is 17.3 Å². The van der Waals surface area contributed by atoms with Crippen molar-refractivity contribution in [3.63, 3.8) is 0 Å². The van der Waals surface area contributed by atoms with Gasteiger partial charge in [-0.05, 0) is 30.3 Å². The van der Waals surface area contributed by atoms with Crippen molar-refractivity contribution in [2.45, 2.75) is 13.5 Å². The van der Waals surface area contributed by atoms with Gasteiger partial charge >= 0.3 is 0 Å². The fraction of sp³-hybridized carbons (Fsp3) is 0.105. The Morgan fingerprint density at radius 1 is 1.17 bits per heavy atom. The van der Waals surface area contributed by atoms with Crippen LogP contribution in [-0.4, -0.2) is 31.8 Å². The van der Waals surface area contributed by atoms with E-state index in [-0.39, 0.29) is 23.9 Å². The van der Waals surface area contributed by atoms with Crippen LogP contribution < -0.4 is 10.6 Å². The van der Waals surface area contributed by atoms with Crippen LogP contribution in [0.25, 0.3) is 22.3 Å². The Morgan fingerprint density at radius 2 is 2.00 bits per heavy atom. The zero-order chi connectivity index (χ0) is 20.4. The molecule has 4 aromatic rings. The van der Waals surface area contributed by atoms with E-state index in [1.54, 1.807) is 11.4 Å². The average Bonchev–Trinajstić information content (AvgIpc) is 3.29. The molecule has 2 aromatic heterocycles. The number of para-hydroxylation sites is 1. The lowest BCUT2D eigenvalue weighted by atomic mass is 10.1. The van der Waals surface area contributed by atoms with E-state index in [2.05, 4.69) is 25.9 Å². The molecule has 29 heavy (non-hydrogen) atoms. The van der Waals surface area contributed by atoms with Crippen molar-refractivity contribution in [1.29, 1.82) is 0 Å². The van der Waals surface area contributed by atoms with Gasteiger partial charge in [0.25, 0.3) is 0 Å². The van der Waals surface area contributed by atoms with Gasteiger partial charge in [0.15, 0.2) is 5.13 Å². The maximum absolute atomic E-state index is 14.4. The first-order chi connectivity index (χ1) is 14.0. The minimum atomic E-state index is -0.520.